The monoisotopic (exact) mass is 271 g/mol. The molecule has 1 saturated carbocycles. The fraction of sp³-hybridized carbons (Fsp3) is 0.500. The minimum atomic E-state index is -0.402. The molecule has 4 heteroatoms. The van der Waals surface area contributed by atoms with E-state index in [-0.39, 0.29) is 0 Å². The van der Waals surface area contributed by atoms with Crippen LogP contribution < -0.4 is 5.73 Å². The molecule has 0 unspecified atom stereocenters. The molecule has 1 fully saturated rings. The van der Waals surface area contributed by atoms with Crippen molar-refractivity contribution in [2.24, 2.45) is 11.1 Å². The molecule has 1 aromatic heterocycles. The third kappa shape index (κ3) is 2.30. The number of amides is 1. The average Bonchev–Trinajstić information content (AvgIpc) is 2.81. The van der Waals surface area contributed by atoms with Gasteiger partial charge in [0.15, 0.2) is 0 Å². The molecule has 0 aliphatic heterocycles. The summed E-state index contributed by atoms with van der Waals surface area (Å²) in [7, 11) is 0. The molecular weight excluding hydrogens is 250 g/mol. The van der Waals surface area contributed by atoms with Crippen LogP contribution >= 0.6 is 0 Å². The van der Waals surface area contributed by atoms with E-state index in [2.05, 4.69) is 23.4 Å². The zero-order valence-corrected chi connectivity index (χ0v) is 12.1. The second-order valence-electron chi connectivity index (χ2n) is 6.61. The number of benzene rings is 1. The predicted molar refractivity (Wildman–Crippen MR) is 79.5 cm³/mol. The van der Waals surface area contributed by atoms with Crippen molar-refractivity contribution in [2.75, 3.05) is 0 Å². The lowest BCUT2D eigenvalue weighted by Gasteiger charge is -2.35. The molecule has 2 aromatic rings. The molecular formula is C16H21N3O. The lowest BCUT2D eigenvalue weighted by Crippen LogP contribution is -2.23. The van der Waals surface area contributed by atoms with Gasteiger partial charge in [-0.25, -0.2) is 4.98 Å². The molecule has 1 amide bonds. The quantitative estimate of drug-likeness (QED) is 0.911. The van der Waals surface area contributed by atoms with E-state index in [0.717, 1.165) is 11.0 Å². The van der Waals surface area contributed by atoms with E-state index in [9.17, 15) is 4.79 Å². The Morgan fingerprint density at radius 2 is 2.05 bits per heavy atom. The topological polar surface area (TPSA) is 60.9 Å². The van der Waals surface area contributed by atoms with Crippen molar-refractivity contribution in [1.29, 1.82) is 0 Å². The molecule has 20 heavy (non-hydrogen) atoms. The van der Waals surface area contributed by atoms with Gasteiger partial charge in [0.05, 0.1) is 17.4 Å². The number of carbonyl (C=O) groups is 1. The van der Waals surface area contributed by atoms with E-state index >= 15 is 0 Å². The first-order valence-corrected chi connectivity index (χ1v) is 7.23. The summed E-state index contributed by atoms with van der Waals surface area (Å²) in [6.07, 6.45) is 6.78. The molecule has 0 bridgehead atoms. The van der Waals surface area contributed by atoms with Gasteiger partial charge in [0.1, 0.15) is 0 Å². The second-order valence-corrected chi connectivity index (χ2v) is 6.61. The fourth-order valence-electron chi connectivity index (χ4n) is 3.14. The highest BCUT2D eigenvalue weighted by Gasteiger charge is 2.28. The number of primary amides is 1. The summed E-state index contributed by atoms with van der Waals surface area (Å²) in [5.41, 5.74) is 8.25. The SMILES string of the molecule is CC1(C)CCC(n2cnc3cc(C(N)=O)ccc32)CC1. The largest absolute Gasteiger partial charge is 0.366 e. The van der Waals surface area contributed by atoms with Crippen molar-refractivity contribution in [1.82, 2.24) is 9.55 Å². The Kier molecular flexibility index (Phi) is 3.04. The van der Waals surface area contributed by atoms with Crippen LogP contribution in [-0.4, -0.2) is 15.5 Å². The Morgan fingerprint density at radius 1 is 1.35 bits per heavy atom. The summed E-state index contributed by atoms with van der Waals surface area (Å²) in [4.78, 5) is 15.6. The van der Waals surface area contributed by atoms with Crippen molar-refractivity contribution in [3.05, 3.63) is 30.1 Å². The normalized spacial score (nSPS) is 19.3. The summed E-state index contributed by atoms with van der Waals surface area (Å²) in [5.74, 6) is -0.402. The van der Waals surface area contributed by atoms with Crippen molar-refractivity contribution in [3.63, 3.8) is 0 Å². The highest BCUT2D eigenvalue weighted by molar-refractivity contribution is 5.96. The van der Waals surface area contributed by atoms with E-state index in [1.165, 1.54) is 25.7 Å². The van der Waals surface area contributed by atoms with E-state index in [0.29, 0.717) is 17.0 Å². The number of rotatable bonds is 2. The minimum absolute atomic E-state index is 0.402. The number of aromatic nitrogens is 2. The molecule has 0 radical (unpaired) electrons. The molecule has 4 nitrogen and oxygen atoms in total. The molecule has 1 aliphatic carbocycles. The molecule has 3 rings (SSSR count). The Bertz CT molecular complexity index is 647. The minimum Gasteiger partial charge on any atom is -0.366 e. The van der Waals surface area contributed by atoms with Crippen LogP contribution in [-0.2, 0) is 0 Å². The van der Waals surface area contributed by atoms with Crippen LogP contribution in [0.4, 0.5) is 0 Å². The number of nitrogens with two attached hydrogens (primary N) is 1. The van der Waals surface area contributed by atoms with Crippen LogP contribution in [0, 0.1) is 5.41 Å². The van der Waals surface area contributed by atoms with Crippen LogP contribution in [0.25, 0.3) is 11.0 Å². The van der Waals surface area contributed by atoms with Crippen molar-refractivity contribution in [2.45, 2.75) is 45.6 Å². The van der Waals surface area contributed by atoms with Gasteiger partial charge in [0.25, 0.3) is 0 Å². The standard InChI is InChI=1S/C16H21N3O/c1-16(2)7-5-12(6-8-16)19-10-18-13-9-11(15(17)20)3-4-14(13)19/h3-4,9-10,12H,5-8H2,1-2H3,(H2,17,20). The zero-order valence-electron chi connectivity index (χ0n) is 12.1. The molecule has 0 atom stereocenters. The van der Waals surface area contributed by atoms with Crippen molar-refractivity contribution in [3.8, 4) is 0 Å². The summed E-state index contributed by atoms with van der Waals surface area (Å²) in [5, 5.41) is 0. The molecule has 0 spiro atoms. The second kappa shape index (κ2) is 4.62. The molecule has 1 aliphatic rings. The van der Waals surface area contributed by atoms with Gasteiger partial charge in [0, 0.05) is 11.6 Å². The van der Waals surface area contributed by atoms with Crippen LogP contribution in [0.5, 0.6) is 0 Å². The molecule has 2 N–H and O–H groups in total. The van der Waals surface area contributed by atoms with Gasteiger partial charge in [-0.3, -0.25) is 4.79 Å². The Balaban J connectivity index is 1.91. The maximum Gasteiger partial charge on any atom is 0.248 e. The van der Waals surface area contributed by atoms with Crippen LogP contribution in [0.2, 0.25) is 0 Å². The Morgan fingerprint density at radius 3 is 2.70 bits per heavy atom. The average molecular weight is 271 g/mol. The van der Waals surface area contributed by atoms with E-state index in [4.69, 9.17) is 5.73 Å². The number of carbonyl (C=O) groups excluding carboxylic acids is 1. The van der Waals surface area contributed by atoms with Gasteiger partial charge < -0.3 is 10.3 Å². The first-order valence-electron chi connectivity index (χ1n) is 7.23. The Labute approximate surface area is 119 Å². The van der Waals surface area contributed by atoms with Crippen molar-refractivity contribution >= 4 is 16.9 Å². The number of imidazole rings is 1. The van der Waals surface area contributed by atoms with E-state index in [1.807, 2.05) is 12.4 Å². The number of fused-ring (bicyclic) bond motifs is 1. The first kappa shape index (κ1) is 13.2. The highest BCUT2D eigenvalue weighted by atomic mass is 16.1. The van der Waals surface area contributed by atoms with Gasteiger partial charge in [-0.2, -0.15) is 0 Å². The van der Waals surface area contributed by atoms with Crippen LogP contribution in [0.1, 0.15) is 55.9 Å². The van der Waals surface area contributed by atoms with Gasteiger partial charge in [-0.05, 0) is 49.3 Å². The molecule has 0 saturated heterocycles. The van der Waals surface area contributed by atoms with Gasteiger partial charge in [-0.1, -0.05) is 13.8 Å². The summed E-state index contributed by atoms with van der Waals surface area (Å²) in [6, 6.07) is 6.05. The first-order chi connectivity index (χ1) is 9.46. The Hall–Kier alpha value is -1.84. The number of hydrogen-bond donors (Lipinski definition) is 1. The van der Waals surface area contributed by atoms with Gasteiger partial charge in [0.2, 0.25) is 5.91 Å². The maximum atomic E-state index is 11.2. The summed E-state index contributed by atoms with van der Waals surface area (Å²) in [6.45, 7) is 4.68. The third-order valence-corrected chi connectivity index (χ3v) is 4.56. The zero-order chi connectivity index (χ0) is 14.3. The number of nitrogens with zero attached hydrogens (tertiary/aromatic N) is 2. The number of hydrogen-bond acceptors (Lipinski definition) is 2. The smallest absolute Gasteiger partial charge is 0.248 e. The maximum absolute atomic E-state index is 11.2. The van der Waals surface area contributed by atoms with E-state index in [1.54, 1.807) is 12.1 Å². The fourth-order valence-corrected chi connectivity index (χ4v) is 3.14. The predicted octanol–water partition coefficient (Wildman–Crippen LogP) is 3.28. The summed E-state index contributed by atoms with van der Waals surface area (Å²) < 4.78 is 2.26. The van der Waals surface area contributed by atoms with Gasteiger partial charge >= 0.3 is 0 Å². The van der Waals surface area contributed by atoms with Crippen LogP contribution in [0.3, 0.4) is 0 Å². The highest BCUT2D eigenvalue weighted by Crippen LogP contribution is 2.40. The lowest BCUT2D eigenvalue weighted by molar-refractivity contribution is 0.100. The third-order valence-electron chi connectivity index (χ3n) is 4.56. The molecule has 1 aromatic carbocycles. The van der Waals surface area contributed by atoms with Crippen molar-refractivity contribution < 1.29 is 4.79 Å². The van der Waals surface area contributed by atoms with E-state index < -0.39 is 5.91 Å². The van der Waals surface area contributed by atoms with Gasteiger partial charge in [-0.15, -0.1) is 0 Å². The molecule has 1 heterocycles. The van der Waals surface area contributed by atoms with Crippen LogP contribution in [0.15, 0.2) is 24.5 Å². The lowest BCUT2D eigenvalue weighted by atomic mass is 9.75. The molecule has 106 valence electrons. The summed E-state index contributed by atoms with van der Waals surface area (Å²) >= 11 is 0.